The van der Waals surface area contributed by atoms with Gasteiger partial charge >= 0.3 is 18.3 Å². The molecule has 1 aliphatic heterocycles. The van der Waals surface area contributed by atoms with Crippen molar-refractivity contribution in [2.45, 2.75) is 63.6 Å². The van der Waals surface area contributed by atoms with E-state index in [9.17, 15) is 36.2 Å². The Morgan fingerprint density at radius 3 is 1.86 bits per heavy atom. The average Bonchev–Trinajstić information content (AvgIpc) is 2.46. The second kappa shape index (κ2) is 4.76. The summed E-state index contributed by atoms with van der Waals surface area (Å²) in [5.41, 5.74) is -8.12. The highest BCUT2D eigenvalue weighted by molar-refractivity contribution is 5.79. The molecule has 0 aliphatic carbocycles. The topological polar surface area (TPSA) is 46.5 Å². The van der Waals surface area contributed by atoms with E-state index in [1.165, 1.54) is 6.92 Å². The van der Waals surface area contributed by atoms with Crippen LogP contribution in [0.1, 0.15) is 40.0 Å². The van der Waals surface area contributed by atoms with Crippen LogP contribution in [0.5, 0.6) is 0 Å². The summed E-state index contributed by atoms with van der Waals surface area (Å²) in [6, 6.07) is 0. The van der Waals surface area contributed by atoms with E-state index in [-0.39, 0.29) is 12.8 Å². The van der Waals surface area contributed by atoms with Gasteiger partial charge in [-0.15, -0.1) is 0 Å². The van der Waals surface area contributed by atoms with E-state index in [2.05, 4.69) is 0 Å². The largest absolute Gasteiger partial charge is 0.459 e. The number of halogens is 6. The number of alkyl halides is 6. The van der Waals surface area contributed by atoms with Crippen molar-refractivity contribution in [2.75, 3.05) is 0 Å². The van der Waals surface area contributed by atoms with Crippen molar-refractivity contribution in [3.05, 3.63) is 0 Å². The van der Waals surface area contributed by atoms with Gasteiger partial charge < -0.3 is 9.84 Å². The fourth-order valence-electron chi connectivity index (χ4n) is 2.55. The van der Waals surface area contributed by atoms with Gasteiger partial charge in [-0.1, -0.05) is 6.92 Å². The molecule has 1 fully saturated rings. The zero-order valence-electron chi connectivity index (χ0n) is 11.7. The van der Waals surface area contributed by atoms with Crippen molar-refractivity contribution in [1.82, 2.24) is 0 Å². The Kier molecular flexibility index (Phi) is 4.09. The molecule has 2 atom stereocenters. The van der Waals surface area contributed by atoms with Gasteiger partial charge in [0.1, 0.15) is 5.60 Å². The molecule has 1 rings (SSSR count). The third kappa shape index (κ3) is 2.97. The molecule has 0 aromatic rings. The molecule has 9 heteroatoms. The van der Waals surface area contributed by atoms with E-state index >= 15 is 0 Å². The van der Waals surface area contributed by atoms with Gasteiger partial charge in [0.15, 0.2) is 0 Å². The lowest BCUT2D eigenvalue weighted by Gasteiger charge is -2.37. The van der Waals surface area contributed by atoms with Crippen LogP contribution >= 0.6 is 0 Å². The molecule has 3 nitrogen and oxygen atoms in total. The summed E-state index contributed by atoms with van der Waals surface area (Å²) in [7, 11) is 0. The number of carbonyl (C=O) groups excluding carboxylic acids is 1. The molecular weight excluding hydrogens is 306 g/mol. The Balaban J connectivity index is 3.16. The zero-order valence-corrected chi connectivity index (χ0v) is 11.7. The molecule has 0 bridgehead atoms. The number of carbonyl (C=O) groups is 1. The van der Waals surface area contributed by atoms with Gasteiger partial charge in [-0.2, -0.15) is 26.3 Å². The first-order valence-electron chi connectivity index (χ1n) is 6.19. The number of esters is 1. The van der Waals surface area contributed by atoms with Crippen LogP contribution in [0.4, 0.5) is 26.3 Å². The summed E-state index contributed by atoms with van der Waals surface area (Å²) in [5.74, 6) is -0.862. The Morgan fingerprint density at radius 2 is 1.57 bits per heavy atom. The van der Waals surface area contributed by atoms with Crippen molar-refractivity contribution in [2.24, 2.45) is 5.41 Å². The molecule has 0 aromatic heterocycles. The van der Waals surface area contributed by atoms with Crippen LogP contribution in [0.15, 0.2) is 0 Å². The highest BCUT2D eigenvalue weighted by atomic mass is 19.4. The smallest absolute Gasteiger partial charge is 0.426 e. The molecule has 0 aromatic carbocycles. The van der Waals surface area contributed by atoms with Gasteiger partial charge in [0.05, 0.1) is 5.41 Å². The summed E-state index contributed by atoms with van der Waals surface area (Å²) in [6.45, 7) is 3.95. The van der Waals surface area contributed by atoms with Gasteiger partial charge in [0.25, 0.3) is 5.60 Å². The minimum Gasteiger partial charge on any atom is -0.459 e. The second-order valence-corrected chi connectivity index (χ2v) is 5.96. The molecule has 0 amide bonds. The summed E-state index contributed by atoms with van der Waals surface area (Å²) in [5, 5.41) is 9.20. The summed E-state index contributed by atoms with van der Waals surface area (Å²) in [4.78, 5) is 11.7. The van der Waals surface area contributed by atoms with Crippen LogP contribution < -0.4 is 0 Å². The maximum absolute atomic E-state index is 12.7. The minimum atomic E-state index is -5.92. The van der Waals surface area contributed by atoms with Gasteiger partial charge in [-0.3, -0.25) is 4.79 Å². The summed E-state index contributed by atoms with van der Waals surface area (Å²) in [6.07, 6.45) is -13.8. The maximum Gasteiger partial charge on any atom is 0.426 e. The molecule has 21 heavy (non-hydrogen) atoms. The Morgan fingerprint density at radius 1 is 1.14 bits per heavy atom. The van der Waals surface area contributed by atoms with E-state index < -0.39 is 41.4 Å². The van der Waals surface area contributed by atoms with Gasteiger partial charge in [-0.25, -0.2) is 0 Å². The first kappa shape index (κ1) is 18.1. The quantitative estimate of drug-likeness (QED) is 0.640. The van der Waals surface area contributed by atoms with Crippen LogP contribution in [0.3, 0.4) is 0 Å². The van der Waals surface area contributed by atoms with Crippen LogP contribution in [-0.2, 0) is 9.53 Å². The lowest BCUT2D eigenvalue weighted by Crippen LogP contribution is -2.60. The average molecular weight is 322 g/mol. The lowest BCUT2D eigenvalue weighted by atomic mass is 9.76. The highest BCUT2D eigenvalue weighted by Gasteiger charge is 2.73. The fraction of sp³-hybridized carbons (Fsp3) is 0.917. The number of cyclic esters (lactones) is 1. The lowest BCUT2D eigenvalue weighted by molar-refractivity contribution is -0.377. The summed E-state index contributed by atoms with van der Waals surface area (Å²) < 4.78 is 80.9. The van der Waals surface area contributed by atoms with Crippen LogP contribution in [0, 0.1) is 5.41 Å². The molecule has 0 saturated carbocycles. The number of ether oxygens (including phenoxy) is 1. The molecule has 0 radical (unpaired) electrons. The molecule has 2 unspecified atom stereocenters. The molecule has 1 aliphatic rings. The summed E-state index contributed by atoms with van der Waals surface area (Å²) >= 11 is 0. The van der Waals surface area contributed by atoms with Gasteiger partial charge in [-0.05, 0) is 20.3 Å². The van der Waals surface area contributed by atoms with Crippen molar-refractivity contribution >= 4 is 5.97 Å². The number of hydrogen-bond donors (Lipinski definition) is 1. The van der Waals surface area contributed by atoms with E-state index in [4.69, 9.17) is 4.74 Å². The third-order valence-corrected chi connectivity index (χ3v) is 3.94. The second-order valence-electron chi connectivity index (χ2n) is 5.96. The number of hydrogen-bond acceptors (Lipinski definition) is 3. The third-order valence-electron chi connectivity index (χ3n) is 3.94. The zero-order chi connectivity index (χ0) is 16.9. The number of rotatable bonds is 3. The molecule has 124 valence electrons. The Labute approximate surface area is 117 Å². The van der Waals surface area contributed by atoms with Gasteiger partial charge in [0, 0.05) is 12.8 Å². The monoisotopic (exact) mass is 322 g/mol. The van der Waals surface area contributed by atoms with E-state index in [0.29, 0.717) is 0 Å². The fourth-order valence-corrected chi connectivity index (χ4v) is 2.55. The van der Waals surface area contributed by atoms with Crippen molar-refractivity contribution in [3.63, 3.8) is 0 Å². The van der Waals surface area contributed by atoms with E-state index in [1.807, 2.05) is 0 Å². The number of aliphatic hydroxyl groups is 1. The van der Waals surface area contributed by atoms with Crippen LogP contribution in [-0.4, -0.2) is 34.6 Å². The molecular formula is C12H16F6O3. The molecule has 0 spiro atoms. The van der Waals surface area contributed by atoms with Gasteiger partial charge in [0.2, 0.25) is 0 Å². The van der Waals surface area contributed by atoms with Crippen LogP contribution in [0.2, 0.25) is 0 Å². The predicted molar refractivity (Wildman–Crippen MR) is 59.2 cm³/mol. The molecule has 1 saturated heterocycles. The minimum absolute atomic E-state index is 0.206. The first-order valence-corrected chi connectivity index (χ1v) is 6.19. The van der Waals surface area contributed by atoms with Crippen molar-refractivity contribution in [3.8, 4) is 0 Å². The normalized spacial score (nSPS) is 31.4. The van der Waals surface area contributed by atoms with E-state index in [0.717, 1.165) is 6.92 Å². The standard InChI is InChI=1S/C12H16F6O3/c1-4-8(2)5-9(3,21-7(8)19)6-10(20,11(13,14)15)12(16,17)18/h20H,4-6H2,1-3H3. The van der Waals surface area contributed by atoms with E-state index in [1.54, 1.807) is 6.92 Å². The van der Waals surface area contributed by atoms with Crippen LogP contribution in [0.25, 0.3) is 0 Å². The Hall–Kier alpha value is -0.990. The molecule has 1 N–H and O–H groups in total. The SMILES string of the molecule is CCC1(C)CC(C)(CC(O)(C(F)(F)F)C(F)(F)F)OC1=O. The Bertz CT molecular complexity index is 416. The molecule has 1 heterocycles. The van der Waals surface area contributed by atoms with Crippen molar-refractivity contribution in [1.29, 1.82) is 0 Å². The van der Waals surface area contributed by atoms with Crippen molar-refractivity contribution < 1.29 is 41.0 Å². The predicted octanol–water partition coefficient (Wildman–Crippen LogP) is 3.35. The first-order chi connectivity index (χ1) is 9.10. The maximum atomic E-state index is 12.7. The highest BCUT2D eigenvalue weighted by Crippen LogP contribution is 2.52.